The highest BCUT2D eigenvalue weighted by Crippen LogP contribution is 2.31. The van der Waals surface area contributed by atoms with Crippen molar-refractivity contribution in [2.24, 2.45) is 10.9 Å². The number of ether oxygens (including phenoxy) is 1. The molecule has 2 aromatic rings. The lowest BCUT2D eigenvalue weighted by atomic mass is 10.2. The minimum absolute atomic E-state index is 0.00415. The van der Waals surface area contributed by atoms with E-state index in [9.17, 15) is 0 Å². The van der Waals surface area contributed by atoms with Crippen LogP contribution in [0.3, 0.4) is 0 Å². The Bertz CT molecular complexity index is 677. The molecule has 1 aromatic heterocycles. The monoisotopic (exact) mass is 355 g/mol. The van der Waals surface area contributed by atoms with E-state index < -0.39 is 0 Å². The Labute approximate surface area is 129 Å². The largest absolute Gasteiger partial charge is 0.438 e. The topological polar surface area (TPSA) is 80.7 Å². The van der Waals surface area contributed by atoms with Gasteiger partial charge in [-0.15, -0.1) is 0 Å². The number of aromatic nitrogens is 1. The molecule has 0 atom stereocenters. The van der Waals surface area contributed by atoms with Crippen LogP contribution in [-0.2, 0) is 0 Å². The molecule has 3 N–H and O–H groups in total. The van der Waals surface area contributed by atoms with Crippen LogP contribution in [0.4, 0.5) is 0 Å². The van der Waals surface area contributed by atoms with Gasteiger partial charge >= 0.3 is 0 Å². The molecule has 0 saturated heterocycles. The third-order valence-electron chi connectivity index (χ3n) is 2.44. The van der Waals surface area contributed by atoms with Crippen LogP contribution >= 0.6 is 27.5 Å². The van der Waals surface area contributed by atoms with Gasteiger partial charge < -0.3 is 15.7 Å². The number of aryl methyl sites for hydroxylation is 1. The highest BCUT2D eigenvalue weighted by molar-refractivity contribution is 9.10. The number of halogens is 2. The molecule has 1 aromatic carbocycles. The number of oxime groups is 1. The molecule has 0 aliphatic heterocycles. The summed E-state index contributed by atoms with van der Waals surface area (Å²) in [6.45, 7) is 1.79. The lowest BCUT2D eigenvalue weighted by molar-refractivity contribution is 0.318. The second-order valence-electron chi connectivity index (χ2n) is 4.00. The van der Waals surface area contributed by atoms with Gasteiger partial charge in [0.25, 0.3) is 0 Å². The van der Waals surface area contributed by atoms with Crippen molar-refractivity contribution in [3.63, 3.8) is 0 Å². The number of pyridine rings is 1. The summed E-state index contributed by atoms with van der Waals surface area (Å²) in [5.74, 6) is 0.906. The smallest absolute Gasteiger partial charge is 0.220 e. The van der Waals surface area contributed by atoms with Crippen molar-refractivity contribution >= 4 is 33.4 Å². The standard InChI is InChI=1S/C13H11BrClN3O2/c1-7-4-8(13(16)18-19)5-12(17-7)20-11-3-2-9(15)6-10(11)14/h2-6,19H,1H3,(H2,16,18). The number of hydrogen-bond acceptors (Lipinski definition) is 4. The maximum atomic E-state index is 8.71. The van der Waals surface area contributed by atoms with Gasteiger partial charge in [-0.25, -0.2) is 4.98 Å². The minimum Gasteiger partial charge on any atom is -0.438 e. The van der Waals surface area contributed by atoms with Gasteiger partial charge in [0.2, 0.25) is 5.88 Å². The van der Waals surface area contributed by atoms with Gasteiger partial charge in [0.1, 0.15) is 5.75 Å². The molecule has 0 aliphatic rings. The van der Waals surface area contributed by atoms with Crippen molar-refractivity contribution in [3.05, 3.63) is 51.1 Å². The number of nitrogens with zero attached hydrogens (tertiary/aromatic N) is 2. The second-order valence-corrected chi connectivity index (χ2v) is 5.29. The second kappa shape index (κ2) is 6.11. The minimum atomic E-state index is -0.00415. The fourth-order valence-electron chi connectivity index (χ4n) is 1.57. The van der Waals surface area contributed by atoms with Crippen LogP contribution < -0.4 is 10.5 Å². The molecule has 5 nitrogen and oxygen atoms in total. The lowest BCUT2D eigenvalue weighted by Gasteiger charge is -2.09. The van der Waals surface area contributed by atoms with Crippen LogP contribution in [0.15, 0.2) is 40.0 Å². The third kappa shape index (κ3) is 3.40. The zero-order valence-electron chi connectivity index (χ0n) is 10.5. The Kier molecular flexibility index (Phi) is 4.46. The maximum absolute atomic E-state index is 8.71. The summed E-state index contributed by atoms with van der Waals surface area (Å²) in [7, 11) is 0. The van der Waals surface area contributed by atoms with Gasteiger partial charge in [0.05, 0.1) is 4.47 Å². The van der Waals surface area contributed by atoms with Gasteiger partial charge in [-0.05, 0) is 47.1 Å². The van der Waals surface area contributed by atoms with Gasteiger partial charge in [0.15, 0.2) is 5.84 Å². The van der Waals surface area contributed by atoms with Crippen molar-refractivity contribution in [1.29, 1.82) is 0 Å². The van der Waals surface area contributed by atoms with Gasteiger partial charge in [-0.1, -0.05) is 16.8 Å². The Morgan fingerprint density at radius 3 is 2.80 bits per heavy atom. The summed E-state index contributed by atoms with van der Waals surface area (Å²) >= 11 is 9.23. The summed E-state index contributed by atoms with van der Waals surface area (Å²) in [6, 6.07) is 8.43. The van der Waals surface area contributed by atoms with Crippen molar-refractivity contribution < 1.29 is 9.94 Å². The van der Waals surface area contributed by atoms with E-state index in [0.29, 0.717) is 32.4 Å². The highest BCUT2D eigenvalue weighted by Gasteiger charge is 2.08. The van der Waals surface area contributed by atoms with E-state index >= 15 is 0 Å². The Morgan fingerprint density at radius 1 is 1.40 bits per heavy atom. The quantitative estimate of drug-likeness (QED) is 0.380. The third-order valence-corrected chi connectivity index (χ3v) is 3.30. The molecule has 104 valence electrons. The molecule has 0 unspecified atom stereocenters. The summed E-state index contributed by atoms with van der Waals surface area (Å²) in [5.41, 5.74) is 6.78. The fourth-order valence-corrected chi connectivity index (χ4v) is 2.33. The summed E-state index contributed by atoms with van der Waals surface area (Å²) in [4.78, 5) is 4.24. The Balaban J connectivity index is 2.36. The first-order chi connectivity index (χ1) is 9.49. The molecule has 7 heteroatoms. The van der Waals surface area contributed by atoms with E-state index in [1.54, 1.807) is 37.3 Å². The lowest BCUT2D eigenvalue weighted by Crippen LogP contribution is -2.13. The summed E-state index contributed by atoms with van der Waals surface area (Å²) in [5, 5.41) is 12.3. The van der Waals surface area contributed by atoms with E-state index in [1.807, 2.05) is 0 Å². The van der Waals surface area contributed by atoms with Crippen LogP contribution in [0.25, 0.3) is 0 Å². The summed E-state index contributed by atoms with van der Waals surface area (Å²) < 4.78 is 6.38. The molecule has 0 spiro atoms. The van der Waals surface area contributed by atoms with Crippen LogP contribution in [0, 0.1) is 6.92 Å². The van der Waals surface area contributed by atoms with E-state index in [2.05, 4.69) is 26.1 Å². The SMILES string of the molecule is Cc1cc(/C(N)=N/O)cc(Oc2ccc(Cl)cc2Br)n1. The van der Waals surface area contributed by atoms with E-state index in [4.69, 9.17) is 27.3 Å². The normalized spacial score (nSPS) is 11.4. The number of amidine groups is 1. The molecule has 0 aliphatic carbocycles. The first-order valence-corrected chi connectivity index (χ1v) is 6.76. The van der Waals surface area contributed by atoms with Gasteiger partial charge in [0, 0.05) is 22.3 Å². The highest BCUT2D eigenvalue weighted by atomic mass is 79.9. The van der Waals surface area contributed by atoms with Crippen LogP contribution in [0.5, 0.6) is 11.6 Å². The number of hydrogen-bond donors (Lipinski definition) is 2. The number of nitrogens with two attached hydrogens (primary N) is 1. The van der Waals surface area contributed by atoms with E-state index in [0.717, 1.165) is 0 Å². The molecule has 20 heavy (non-hydrogen) atoms. The molecular weight excluding hydrogens is 346 g/mol. The van der Waals surface area contributed by atoms with E-state index in [-0.39, 0.29) is 5.84 Å². The van der Waals surface area contributed by atoms with Crippen LogP contribution in [0.1, 0.15) is 11.3 Å². The molecule has 2 rings (SSSR count). The molecular formula is C13H11BrClN3O2. The molecule has 0 amide bonds. The Morgan fingerprint density at radius 2 is 2.15 bits per heavy atom. The molecule has 0 radical (unpaired) electrons. The summed E-state index contributed by atoms with van der Waals surface area (Å²) in [6.07, 6.45) is 0. The molecule has 0 fully saturated rings. The number of rotatable bonds is 3. The first kappa shape index (κ1) is 14.6. The van der Waals surface area contributed by atoms with Gasteiger partial charge in [-0.2, -0.15) is 0 Å². The van der Waals surface area contributed by atoms with E-state index in [1.165, 1.54) is 0 Å². The van der Waals surface area contributed by atoms with Crippen molar-refractivity contribution in [2.45, 2.75) is 6.92 Å². The number of benzene rings is 1. The molecule has 1 heterocycles. The zero-order valence-corrected chi connectivity index (χ0v) is 12.8. The van der Waals surface area contributed by atoms with Crippen molar-refractivity contribution in [3.8, 4) is 11.6 Å². The van der Waals surface area contributed by atoms with Crippen LogP contribution in [0.2, 0.25) is 5.02 Å². The predicted molar refractivity (Wildman–Crippen MR) is 80.7 cm³/mol. The average molecular weight is 357 g/mol. The molecule has 0 saturated carbocycles. The van der Waals surface area contributed by atoms with Gasteiger partial charge in [-0.3, -0.25) is 0 Å². The van der Waals surface area contributed by atoms with Crippen molar-refractivity contribution in [1.82, 2.24) is 4.98 Å². The fraction of sp³-hybridized carbons (Fsp3) is 0.0769. The Hall–Kier alpha value is -1.79. The average Bonchev–Trinajstić information content (AvgIpc) is 2.40. The first-order valence-electron chi connectivity index (χ1n) is 5.59. The predicted octanol–water partition coefficient (Wildman–Crippen LogP) is 3.69. The van der Waals surface area contributed by atoms with Crippen molar-refractivity contribution in [2.75, 3.05) is 0 Å². The maximum Gasteiger partial charge on any atom is 0.220 e. The van der Waals surface area contributed by atoms with Crippen LogP contribution in [-0.4, -0.2) is 16.0 Å². The zero-order chi connectivity index (χ0) is 14.7. The molecule has 0 bridgehead atoms.